The van der Waals surface area contributed by atoms with E-state index < -0.39 is 11.6 Å². The summed E-state index contributed by atoms with van der Waals surface area (Å²) >= 11 is 6.89. The highest BCUT2D eigenvalue weighted by atomic mass is 35.5. The summed E-state index contributed by atoms with van der Waals surface area (Å²) in [4.78, 5) is 1.00. The minimum atomic E-state index is -0.607. The molecule has 0 saturated carbocycles. The van der Waals surface area contributed by atoms with Crippen molar-refractivity contribution in [2.24, 2.45) is 0 Å². The van der Waals surface area contributed by atoms with E-state index >= 15 is 0 Å². The molecule has 5 heteroatoms. The fraction of sp³-hybridized carbons (Fsp3) is 0. The quantitative estimate of drug-likeness (QED) is 0.822. The monoisotopic (exact) mass is 271 g/mol. The van der Waals surface area contributed by atoms with Crippen LogP contribution in [0.4, 0.5) is 14.5 Å². The third-order valence-electron chi connectivity index (χ3n) is 2.09. The van der Waals surface area contributed by atoms with Gasteiger partial charge >= 0.3 is 0 Å². The second kappa shape index (κ2) is 4.94. The first-order valence-corrected chi connectivity index (χ1v) is 5.93. The normalized spacial score (nSPS) is 10.5. The highest BCUT2D eigenvalue weighted by molar-refractivity contribution is 7.99. The molecule has 17 heavy (non-hydrogen) atoms. The molecule has 2 rings (SSSR count). The van der Waals surface area contributed by atoms with E-state index in [0.29, 0.717) is 20.5 Å². The Morgan fingerprint density at radius 1 is 1.00 bits per heavy atom. The van der Waals surface area contributed by atoms with Crippen molar-refractivity contribution in [3.8, 4) is 0 Å². The summed E-state index contributed by atoms with van der Waals surface area (Å²) in [5, 5.41) is 0.520. The lowest BCUT2D eigenvalue weighted by Gasteiger charge is -2.06. The molecular weight excluding hydrogens is 264 g/mol. The van der Waals surface area contributed by atoms with Gasteiger partial charge in [0.15, 0.2) is 0 Å². The Bertz CT molecular complexity index is 511. The van der Waals surface area contributed by atoms with Gasteiger partial charge in [-0.15, -0.1) is 0 Å². The van der Waals surface area contributed by atoms with Gasteiger partial charge < -0.3 is 5.73 Å². The van der Waals surface area contributed by atoms with Crippen LogP contribution < -0.4 is 5.73 Å². The number of nitrogen functional groups attached to an aromatic ring is 1. The lowest BCUT2D eigenvalue weighted by molar-refractivity contribution is 0.566. The first-order valence-electron chi connectivity index (χ1n) is 4.74. The predicted molar refractivity (Wildman–Crippen MR) is 66.3 cm³/mol. The van der Waals surface area contributed by atoms with Gasteiger partial charge in [0, 0.05) is 26.6 Å². The zero-order valence-electron chi connectivity index (χ0n) is 8.58. The van der Waals surface area contributed by atoms with Crippen molar-refractivity contribution in [1.82, 2.24) is 0 Å². The van der Waals surface area contributed by atoms with E-state index in [-0.39, 0.29) is 0 Å². The van der Waals surface area contributed by atoms with E-state index in [0.717, 1.165) is 17.8 Å². The Kier molecular flexibility index (Phi) is 3.54. The number of benzene rings is 2. The molecule has 0 spiro atoms. The molecule has 0 bridgehead atoms. The average molecular weight is 272 g/mol. The van der Waals surface area contributed by atoms with Crippen LogP contribution in [0.25, 0.3) is 0 Å². The van der Waals surface area contributed by atoms with Gasteiger partial charge in [0.05, 0.1) is 0 Å². The number of nitrogens with two attached hydrogens (primary N) is 1. The minimum absolute atomic E-state index is 0.320. The maximum atomic E-state index is 13.4. The minimum Gasteiger partial charge on any atom is -0.398 e. The van der Waals surface area contributed by atoms with Crippen LogP contribution in [0, 0.1) is 11.6 Å². The van der Waals surface area contributed by atoms with Crippen LogP contribution in [0.2, 0.25) is 5.02 Å². The van der Waals surface area contributed by atoms with E-state index in [1.54, 1.807) is 18.2 Å². The molecule has 0 amide bonds. The fourth-order valence-electron chi connectivity index (χ4n) is 1.29. The SMILES string of the molecule is Nc1cc(Cl)ccc1Sc1ccc(F)cc1F. The summed E-state index contributed by atoms with van der Waals surface area (Å²) in [5.41, 5.74) is 6.21. The number of hydrogen-bond donors (Lipinski definition) is 1. The molecule has 88 valence electrons. The molecule has 2 N–H and O–H groups in total. The molecule has 0 aliphatic carbocycles. The van der Waals surface area contributed by atoms with Crippen molar-refractivity contribution < 1.29 is 8.78 Å². The van der Waals surface area contributed by atoms with Gasteiger partial charge in [-0.05, 0) is 30.3 Å². The molecule has 2 aromatic carbocycles. The first kappa shape index (κ1) is 12.2. The molecule has 0 heterocycles. The largest absolute Gasteiger partial charge is 0.398 e. The van der Waals surface area contributed by atoms with Gasteiger partial charge in [0.1, 0.15) is 11.6 Å². The Hall–Kier alpha value is -1.26. The molecule has 0 fully saturated rings. The lowest BCUT2D eigenvalue weighted by atomic mass is 10.3. The number of anilines is 1. The summed E-state index contributed by atoms with van der Waals surface area (Å²) in [5.74, 6) is -1.21. The molecular formula is C12H8ClF2NS. The summed E-state index contributed by atoms with van der Waals surface area (Å²) in [6.45, 7) is 0. The van der Waals surface area contributed by atoms with Crippen molar-refractivity contribution in [3.05, 3.63) is 53.1 Å². The molecule has 0 radical (unpaired) electrons. The van der Waals surface area contributed by atoms with Gasteiger partial charge in [0.2, 0.25) is 0 Å². The number of halogens is 3. The molecule has 0 atom stereocenters. The van der Waals surface area contributed by atoms with Crippen molar-refractivity contribution in [1.29, 1.82) is 0 Å². The molecule has 0 aromatic heterocycles. The number of rotatable bonds is 2. The van der Waals surface area contributed by atoms with E-state index in [2.05, 4.69) is 0 Å². The van der Waals surface area contributed by atoms with Crippen LogP contribution in [0.15, 0.2) is 46.2 Å². The van der Waals surface area contributed by atoms with Crippen LogP contribution in [0.3, 0.4) is 0 Å². The van der Waals surface area contributed by atoms with Crippen molar-refractivity contribution in [3.63, 3.8) is 0 Å². The molecule has 0 unspecified atom stereocenters. The van der Waals surface area contributed by atoms with Crippen LogP contribution in [-0.2, 0) is 0 Å². The third kappa shape index (κ3) is 2.90. The summed E-state index contributed by atoms with van der Waals surface area (Å²) in [6.07, 6.45) is 0. The van der Waals surface area contributed by atoms with Crippen LogP contribution in [-0.4, -0.2) is 0 Å². The van der Waals surface area contributed by atoms with Crippen molar-refractivity contribution >= 4 is 29.1 Å². The smallest absolute Gasteiger partial charge is 0.140 e. The van der Waals surface area contributed by atoms with Crippen LogP contribution in [0.5, 0.6) is 0 Å². The van der Waals surface area contributed by atoms with Gasteiger partial charge in [-0.2, -0.15) is 0 Å². The summed E-state index contributed by atoms with van der Waals surface area (Å²) in [7, 11) is 0. The van der Waals surface area contributed by atoms with E-state index in [9.17, 15) is 8.78 Å². The molecule has 0 saturated heterocycles. The van der Waals surface area contributed by atoms with Crippen molar-refractivity contribution in [2.75, 3.05) is 5.73 Å². The summed E-state index contributed by atoms with van der Waals surface area (Å²) in [6, 6.07) is 8.38. The van der Waals surface area contributed by atoms with E-state index in [1.165, 1.54) is 12.1 Å². The zero-order valence-corrected chi connectivity index (χ0v) is 10.2. The highest BCUT2D eigenvalue weighted by Gasteiger charge is 2.08. The fourth-order valence-corrected chi connectivity index (χ4v) is 2.31. The Balaban J connectivity index is 2.31. The Morgan fingerprint density at radius 3 is 2.35 bits per heavy atom. The first-order chi connectivity index (χ1) is 8.06. The Morgan fingerprint density at radius 2 is 1.71 bits per heavy atom. The van der Waals surface area contributed by atoms with E-state index in [1.807, 2.05) is 0 Å². The molecule has 1 nitrogen and oxygen atoms in total. The van der Waals surface area contributed by atoms with Gasteiger partial charge in [0.25, 0.3) is 0 Å². The van der Waals surface area contributed by atoms with Crippen molar-refractivity contribution in [2.45, 2.75) is 9.79 Å². The van der Waals surface area contributed by atoms with Crippen LogP contribution in [0.1, 0.15) is 0 Å². The molecule has 0 aliphatic rings. The zero-order chi connectivity index (χ0) is 12.4. The maximum Gasteiger partial charge on any atom is 0.140 e. The van der Waals surface area contributed by atoms with Gasteiger partial charge in [-0.25, -0.2) is 8.78 Å². The number of hydrogen-bond acceptors (Lipinski definition) is 2. The topological polar surface area (TPSA) is 26.0 Å². The highest BCUT2D eigenvalue weighted by Crippen LogP contribution is 2.34. The van der Waals surface area contributed by atoms with Crippen LogP contribution >= 0.6 is 23.4 Å². The van der Waals surface area contributed by atoms with Gasteiger partial charge in [-0.1, -0.05) is 23.4 Å². The maximum absolute atomic E-state index is 13.4. The molecule has 2 aromatic rings. The standard InChI is InChI=1S/C12H8ClF2NS/c13-7-1-3-12(10(16)5-7)17-11-4-2-8(14)6-9(11)15/h1-6H,16H2. The van der Waals surface area contributed by atoms with Gasteiger partial charge in [-0.3, -0.25) is 0 Å². The predicted octanol–water partition coefficient (Wildman–Crippen LogP) is 4.35. The van der Waals surface area contributed by atoms with E-state index in [4.69, 9.17) is 17.3 Å². The molecule has 0 aliphatic heterocycles. The lowest BCUT2D eigenvalue weighted by Crippen LogP contribution is -1.89. The second-order valence-electron chi connectivity index (χ2n) is 3.36. The average Bonchev–Trinajstić information content (AvgIpc) is 2.25. The summed E-state index contributed by atoms with van der Waals surface area (Å²) < 4.78 is 26.1. The Labute approximate surface area is 107 Å². The second-order valence-corrected chi connectivity index (χ2v) is 4.88. The third-order valence-corrected chi connectivity index (χ3v) is 3.46.